The molecular formula is C11H12N2O3. The van der Waals surface area contributed by atoms with Crippen LogP contribution < -0.4 is 4.90 Å². The average Bonchev–Trinajstić information content (AvgIpc) is 2.51. The first-order valence-corrected chi connectivity index (χ1v) is 5.10. The molecule has 1 aliphatic heterocycles. The van der Waals surface area contributed by atoms with Gasteiger partial charge in [-0.3, -0.25) is 14.9 Å². The number of amides is 1. The van der Waals surface area contributed by atoms with E-state index in [9.17, 15) is 14.9 Å². The van der Waals surface area contributed by atoms with E-state index in [4.69, 9.17) is 0 Å². The number of anilines is 1. The molecule has 0 saturated carbocycles. The first-order valence-electron chi connectivity index (χ1n) is 5.10. The van der Waals surface area contributed by atoms with Crippen molar-refractivity contribution in [3.63, 3.8) is 0 Å². The zero-order chi connectivity index (χ0) is 11.9. The number of hydrogen-bond acceptors (Lipinski definition) is 3. The summed E-state index contributed by atoms with van der Waals surface area (Å²) in [6.45, 7) is 3.85. The second-order valence-corrected chi connectivity index (χ2v) is 4.10. The summed E-state index contributed by atoms with van der Waals surface area (Å²) in [7, 11) is 0. The minimum atomic E-state index is -0.442. The van der Waals surface area contributed by atoms with Crippen LogP contribution in [0.1, 0.15) is 19.4 Å². The fourth-order valence-corrected chi connectivity index (χ4v) is 2.01. The highest BCUT2D eigenvalue weighted by Crippen LogP contribution is 2.33. The molecule has 0 aromatic heterocycles. The third-order valence-electron chi connectivity index (χ3n) is 2.66. The van der Waals surface area contributed by atoms with Crippen LogP contribution in [0.3, 0.4) is 0 Å². The lowest BCUT2D eigenvalue weighted by Crippen LogP contribution is -2.33. The summed E-state index contributed by atoms with van der Waals surface area (Å²) < 4.78 is 0. The molecule has 0 bridgehead atoms. The number of fused-ring (bicyclic) bond motifs is 1. The third-order valence-corrected chi connectivity index (χ3v) is 2.66. The Balaban J connectivity index is 2.46. The fraction of sp³-hybridized carbons (Fsp3) is 0.364. The van der Waals surface area contributed by atoms with Gasteiger partial charge in [0.2, 0.25) is 5.91 Å². The van der Waals surface area contributed by atoms with Crippen molar-refractivity contribution in [1.29, 1.82) is 0 Å². The van der Waals surface area contributed by atoms with Gasteiger partial charge in [-0.05, 0) is 25.5 Å². The SMILES string of the molecule is CC(C)N1C(=O)Cc2cc([N+](=O)[O-])ccc21. The number of nitro groups is 1. The topological polar surface area (TPSA) is 63.5 Å². The number of non-ortho nitro benzene ring substituents is 1. The molecule has 5 heteroatoms. The molecule has 0 saturated heterocycles. The highest BCUT2D eigenvalue weighted by molar-refractivity contribution is 6.02. The second-order valence-electron chi connectivity index (χ2n) is 4.10. The minimum Gasteiger partial charge on any atom is -0.309 e. The molecule has 5 nitrogen and oxygen atoms in total. The Morgan fingerprint density at radius 2 is 2.12 bits per heavy atom. The lowest BCUT2D eigenvalue weighted by Gasteiger charge is -2.21. The van der Waals surface area contributed by atoms with Crippen molar-refractivity contribution in [3.8, 4) is 0 Å². The summed E-state index contributed by atoms with van der Waals surface area (Å²) in [4.78, 5) is 23.6. The highest BCUT2D eigenvalue weighted by Gasteiger charge is 2.30. The maximum atomic E-state index is 11.7. The minimum absolute atomic E-state index is 0.00509. The quantitative estimate of drug-likeness (QED) is 0.564. The van der Waals surface area contributed by atoms with Gasteiger partial charge in [-0.1, -0.05) is 0 Å². The largest absolute Gasteiger partial charge is 0.309 e. The van der Waals surface area contributed by atoms with Crippen molar-refractivity contribution in [2.24, 2.45) is 0 Å². The van der Waals surface area contributed by atoms with Gasteiger partial charge in [0.05, 0.1) is 11.3 Å². The van der Waals surface area contributed by atoms with Gasteiger partial charge in [-0.2, -0.15) is 0 Å². The van der Waals surface area contributed by atoms with E-state index in [1.54, 1.807) is 11.0 Å². The summed E-state index contributed by atoms with van der Waals surface area (Å²) in [5.41, 5.74) is 1.58. The highest BCUT2D eigenvalue weighted by atomic mass is 16.6. The first-order chi connectivity index (χ1) is 7.50. The van der Waals surface area contributed by atoms with Crippen LogP contribution in [0.25, 0.3) is 0 Å². The van der Waals surface area contributed by atoms with Crippen LogP contribution in [0, 0.1) is 10.1 Å². The summed E-state index contributed by atoms with van der Waals surface area (Å²) >= 11 is 0. The Bertz CT molecular complexity index is 468. The second kappa shape index (κ2) is 3.59. The molecule has 84 valence electrons. The van der Waals surface area contributed by atoms with Crippen LogP contribution in [-0.2, 0) is 11.2 Å². The molecular weight excluding hydrogens is 208 g/mol. The lowest BCUT2D eigenvalue weighted by molar-refractivity contribution is -0.384. The standard InChI is InChI=1S/C11H12N2O3/c1-7(2)12-10-4-3-9(13(15)16)5-8(10)6-11(12)14/h3-5,7H,6H2,1-2H3. The average molecular weight is 220 g/mol. The molecule has 1 amide bonds. The Morgan fingerprint density at radius 3 is 2.69 bits per heavy atom. The van der Waals surface area contributed by atoms with Crippen LogP contribution in [0.4, 0.5) is 11.4 Å². The molecule has 2 rings (SSSR count). The van der Waals surface area contributed by atoms with Gasteiger partial charge >= 0.3 is 0 Å². The Morgan fingerprint density at radius 1 is 1.44 bits per heavy atom. The van der Waals surface area contributed by atoms with E-state index in [0.29, 0.717) is 0 Å². The predicted molar refractivity (Wildman–Crippen MR) is 59.4 cm³/mol. The van der Waals surface area contributed by atoms with E-state index >= 15 is 0 Å². The molecule has 1 aliphatic rings. The maximum Gasteiger partial charge on any atom is 0.269 e. The summed E-state index contributed by atoms with van der Waals surface area (Å²) in [5.74, 6) is 0.00509. The maximum absolute atomic E-state index is 11.7. The van der Waals surface area contributed by atoms with E-state index in [-0.39, 0.29) is 24.1 Å². The third kappa shape index (κ3) is 1.54. The molecule has 0 fully saturated rings. The molecule has 0 atom stereocenters. The van der Waals surface area contributed by atoms with Crippen LogP contribution in [0.15, 0.2) is 18.2 Å². The predicted octanol–water partition coefficient (Wildman–Crippen LogP) is 1.89. The number of carbonyl (C=O) groups is 1. The number of carbonyl (C=O) groups excluding carboxylic acids is 1. The van der Waals surface area contributed by atoms with Gasteiger partial charge in [0.1, 0.15) is 0 Å². The Hall–Kier alpha value is -1.91. The summed E-state index contributed by atoms with van der Waals surface area (Å²) in [6.07, 6.45) is 0.259. The van der Waals surface area contributed by atoms with Crippen molar-refractivity contribution in [2.45, 2.75) is 26.3 Å². The van der Waals surface area contributed by atoms with Gasteiger partial charge < -0.3 is 4.90 Å². The van der Waals surface area contributed by atoms with Crippen molar-refractivity contribution in [3.05, 3.63) is 33.9 Å². The van der Waals surface area contributed by atoms with E-state index in [2.05, 4.69) is 0 Å². The fourth-order valence-electron chi connectivity index (χ4n) is 2.01. The van der Waals surface area contributed by atoms with Gasteiger partial charge in [0, 0.05) is 23.9 Å². The smallest absolute Gasteiger partial charge is 0.269 e. The summed E-state index contributed by atoms with van der Waals surface area (Å²) in [6, 6.07) is 4.65. The van der Waals surface area contributed by atoms with Gasteiger partial charge in [-0.25, -0.2) is 0 Å². The van der Waals surface area contributed by atoms with Crippen molar-refractivity contribution in [1.82, 2.24) is 0 Å². The molecule has 1 heterocycles. The van der Waals surface area contributed by atoms with Crippen LogP contribution in [0.5, 0.6) is 0 Å². The Kier molecular flexibility index (Phi) is 2.38. The zero-order valence-electron chi connectivity index (χ0n) is 9.14. The van der Waals surface area contributed by atoms with Crippen LogP contribution in [-0.4, -0.2) is 16.9 Å². The van der Waals surface area contributed by atoms with Crippen molar-refractivity contribution in [2.75, 3.05) is 4.90 Å². The number of nitro benzene ring substituents is 1. The summed E-state index contributed by atoms with van der Waals surface area (Å²) in [5, 5.41) is 10.6. The van der Waals surface area contributed by atoms with Crippen molar-refractivity contribution < 1.29 is 9.72 Å². The van der Waals surface area contributed by atoms with E-state index in [1.165, 1.54) is 12.1 Å². The molecule has 0 N–H and O–H groups in total. The number of rotatable bonds is 2. The van der Waals surface area contributed by atoms with Crippen LogP contribution in [0.2, 0.25) is 0 Å². The molecule has 1 aromatic rings. The molecule has 1 aromatic carbocycles. The zero-order valence-corrected chi connectivity index (χ0v) is 9.14. The number of benzene rings is 1. The van der Waals surface area contributed by atoms with Crippen molar-refractivity contribution >= 4 is 17.3 Å². The normalized spacial score (nSPS) is 14.4. The molecule has 0 spiro atoms. The monoisotopic (exact) mass is 220 g/mol. The Labute approximate surface area is 92.8 Å². The van der Waals surface area contributed by atoms with Gasteiger partial charge in [-0.15, -0.1) is 0 Å². The molecule has 16 heavy (non-hydrogen) atoms. The van der Waals surface area contributed by atoms with Gasteiger partial charge in [0.15, 0.2) is 0 Å². The molecule has 0 radical (unpaired) electrons. The van der Waals surface area contributed by atoms with Crippen LogP contribution >= 0.6 is 0 Å². The van der Waals surface area contributed by atoms with Gasteiger partial charge in [0.25, 0.3) is 5.69 Å². The lowest BCUT2D eigenvalue weighted by atomic mass is 10.1. The first kappa shape index (κ1) is 10.6. The molecule has 0 aliphatic carbocycles. The number of nitrogens with zero attached hydrogens (tertiary/aromatic N) is 2. The van der Waals surface area contributed by atoms with E-state index in [1.807, 2.05) is 13.8 Å². The van der Waals surface area contributed by atoms with E-state index in [0.717, 1.165) is 11.3 Å². The molecule has 0 unspecified atom stereocenters. The number of hydrogen-bond donors (Lipinski definition) is 0. The van der Waals surface area contributed by atoms with E-state index < -0.39 is 4.92 Å².